The molecule has 3 nitrogen and oxygen atoms in total. The van der Waals surface area contributed by atoms with Crippen LogP contribution in [-0.2, 0) is 16.2 Å². The third-order valence-corrected chi connectivity index (χ3v) is 24.8. The highest BCUT2D eigenvalue weighted by Crippen LogP contribution is 2.70. The summed E-state index contributed by atoms with van der Waals surface area (Å²) in [6.07, 6.45) is 0. The Labute approximate surface area is 598 Å². The number of fused-ring (bicyclic) bond motifs is 36. The standard InChI is InChI=1S/C99H60BN3/c1-4-29-61(30-5-1)101(88-54-28-53-83-91(88)71-41-16-25-50-80(71)97(83)74-44-19-10-35-65(74)66-36-11-20-45-75(66)97)64-59-89-94-90(60-64)103(63-33-8-3-9-34-63)96-87(58-56-85-93(96)73-43-18-27-52-82(73)99(85)78-48-23-14-39-69(78)70-40-15-24-49-79(70)99)100(94)86-57-55-84-92(95(86)102(89)62-31-6-2-7-32-62)72-42-17-26-51-81(72)98(84)76-46-21-12-37-67(76)68-38-13-22-47-77(68)98/h1-60H. The molecule has 0 amide bonds. The molecule has 0 fully saturated rings. The minimum atomic E-state index is -0.586. The van der Waals surface area contributed by atoms with Crippen molar-refractivity contribution >= 4 is 74.3 Å². The predicted octanol–water partition coefficient (Wildman–Crippen LogP) is 22.3. The normalized spacial score (nSPS) is 15.0. The van der Waals surface area contributed by atoms with Gasteiger partial charge in [-0.15, -0.1) is 0 Å². The molecule has 16 aromatic carbocycles. The van der Waals surface area contributed by atoms with Crippen LogP contribution in [0.5, 0.6) is 0 Å². The first-order valence-electron chi connectivity index (χ1n) is 36.3. The maximum absolute atomic E-state index is 2.70. The molecule has 0 N–H and O–H groups in total. The largest absolute Gasteiger partial charge is 0.311 e. The molecule has 103 heavy (non-hydrogen) atoms. The van der Waals surface area contributed by atoms with E-state index in [1.807, 2.05) is 0 Å². The molecular weight excluding hydrogens is 1240 g/mol. The van der Waals surface area contributed by atoms with E-state index in [0.29, 0.717) is 0 Å². The molecular formula is C99H60BN3. The van der Waals surface area contributed by atoms with Crippen molar-refractivity contribution in [3.8, 4) is 66.8 Å². The molecule has 0 saturated heterocycles. The third-order valence-electron chi connectivity index (χ3n) is 24.8. The summed E-state index contributed by atoms with van der Waals surface area (Å²) in [7, 11) is 0. The van der Waals surface area contributed by atoms with Crippen LogP contribution in [0.25, 0.3) is 66.8 Å². The van der Waals surface area contributed by atoms with E-state index in [9.17, 15) is 0 Å². The Balaban J connectivity index is 0.860. The molecule has 0 radical (unpaired) electrons. The van der Waals surface area contributed by atoms with Gasteiger partial charge in [0, 0.05) is 56.5 Å². The summed E-state index contributed by atoms with van der Waals surface area (Å²) >= 11 is 0. The number of para-hydroxylation sites is 3. The zero-order valence-corrected chi connectivity index (χ0v) is 56.1. The lowest BCUT2D eigenvalue weighted by atomic mass is 9.33. The van der Waals surface area contributed by atoms with Crippen LogP contribution in [0.2, 0.25) is 0 Å². The lowest BCUT2D eigenvalue weighted by molar-refractivity contribution is 0.793. The minimum Gasteiger partial charge on any atom is -0.311 e. The number of hydrogen-bond donors (Lipinski definition) is 0. The fourth-order valence-electron chi connectivity index (χ4n) is 21.4. The molecule has 2 aliphatic heterocycles. The Hall–Kier alpha value is -13.0. The van der Waals surface area contributed by atoms with Gasteiger partial charge < -0.3 is 14.7 Å². The SMILES string of the molecule is c1ccc(N(c2cc3c4c(c2)N(c2ccccc2)c2c(ccc5c2-c2ccccc2C52c5ccccc5-c5ccccc52)B4c2ccc4c(c2N3c2ccccc2)-c2ccccc2C42c3ccccc3-c3ccccc32)c2cccc3c2-c2ccccc2C32c3ccccc3-c3ccccc32)cc1. The van der Waals surface area contributed by atoms with Gasteiger partial charge in [0.15, 0.2) is 0 Å². The first kappa shape index (κ1) is 55.8. The number of nitrogens with zero attached hydrogens (tertiary/aromatic N) is 3. The number of hydrogen-bond acceptors (Lipinski definition) is 3. The molecule has 6 aliphatic carbocycles. The van der Waals surface area contributed by atoms with Gasteiger partial charge in [-0.05, 0) is 188 Å². The number of rotatable bonds is 5. The smallest absolute Gasteiger partial charge is 0.252 e. The Bertz CT molecular complexity index is 6020. The average molecular weight is 1300 g/mol. The summed E-state index contributed by atoms with van der Waals surface area (Å²) < 4.78 is 0. The van der Waals surface area contributed by atoms with E-state index in [1.54, 1.807) is 0 Å². The van der Waals surface area contributed by atoms with Crippen molar-refractivity contribution in [2.75, 3.05) is 14.7 Å². The van der Waals surface area contributed by atoms with Crippen LogP contribution in [0.3, 0.4) is 0 Å². The summed E-state index contributed by atoms with van der Waals surface area (Å²) in [6, 6.07) is 140. The minimum absolute atomic E-state index is 0.237. The second kappa shape index (κ2) is 20.1. The van der Waals surface area contributed by atoms with E-state index in [2.05, 4.69) is 379 Å². The van der Waals surface area contributed by atoms with E-state index >= 15 is 0 Å². The molecule has 2 heterocycles. The summed E-state index contributed by atoms with van der Waals surface area (Å²) in [5.41, 5.74) is 43.4. The van der Waals surface area contributed by atoms with Crippen LogP contribution >= 0.6 is 0 Å². The summed E-state index contributed by atoms with van der Waals surface area (Å²) in [6.45, 7) is -0.237. The van der Waals surface area contributed by atoms with Crippen molar-refractivity contribution in [3.63, 3.8) is 0 Å². The first-order valence-corrected chi connectivity index (χ1v) is 36.3. The fourth-order valence-corrected chi connectivity index (χ4v) is 21.4. The highest BCUT2D eigenvalue weighted by Gasteiger charge is 2.58. The van der Waals surface area contributed by atoms with Gasteiger partial charge in [0.2, 0.25) is 0 Å². The van der Waals surface area contributed by atoms with E-state index in [4.69, 9.17) is 0 Å². The van der Waals surface area contributed by atoms with Crippen LogP contribution < -0.4 is 31.1 Å². The lowest BCUT2D eigenvalue weighted by Crippen LogP contribution is -2.61. The van der Waals surface area contributed by atoms with Gasteiger partial charge in [-0.2, -0.15) is 0 Å². The van der Waals surface area contributed by atoms with Gasteiger partial charge in [-0.3, -0.25) is 0 Å². The highest BCUT2D eigenvalue weighted by molar-refractivity contribution is 7.00. The van der Waals surface area contributed by atoms with Gasteiger partial charge in [0.05, 0.1) is 27.6 Å². The van der Waals surface area contributed by atoms with Crippen molar-refractivity contribution in [1.82, 2.24) is 0 Å². The molecule has 0 atom stereocenters. The molecule has 3 spiro atoms. The predicted molar refractivity (Wildman–Crippen MR) is 424 cm³/mol. The Morgan fingerprint density at radius 3 is 0.864 bits per heavy atom. The third kappa shape index (κ3) is 6.66. The van der Waals surface area contributed by atoms with E-state index in [-0.39, 0.29) is 6.71 Å². The Kier molecular flexibility index (Phi) is 10.9. The van der Waals surface area contributed by atoms with Crippen molar-refractivity contribution < 1.29 is 0 Å². The monoisotopic (exact) mass is 1300 g/mol. The zero-order chi connectivity index (χ0) is 67.0. The van der Waals surface area contributed by atoms with Gasteiger partial charge in [-0.1, -0.05) is 309 Å². The maximum Gasteiger partial charge on any atom is 0.252 e. The van der Waals surface area contributed by atoms with E-state index in [0.717, 1.165) is 39.8 Å². The molecule has 0 saturated carbocycles. The number of benzene rings is 16. The fraction of sp³-hybridized carbons (Fsp3) is 0.0303. The number of anilines is 9. The molecule has 0 bridgehead atoms. The molecule has 0 unspecified atom stereocenters. The first-order chi connectivity index (χ1) is 51.2. The molecule has 8 aliphatic rings. The van der Waals surface area contributed by atoms with Crippen molar-refractivity contribution in [2.24, 2.45) is 0 Å². The molecule has 16 aromatic rings. The quantitative estimate of drug-likeness (QED) is 0.159. The van der Waals surface area contributed by atoms with E-state index in [1.165, 1.54) is 161 Å². The second-order valence-corrected chi connectivity index (χ2v) is 29.1. The van der Waals surface area contributed by atoms with Gasteiger partial charge in [0.1, 0.15) is 0 Å². The van der Waals surface area contributed by atoms with Crippen molar-refractivity contribution in [1.29, 1.82) is 0 Å². The summed E-state index contributed by atoms with van der Waals surface area (Å²) in [5.74, 6) is 0. The molecule has 4 heteroatoms. The van der Waals surface area contributed by atoms with Crippen molar-refractivity contribution in [3.05, 3.63) is 431 Å². The topological polar surface area (TPSA) is 9.72 Å². The lowest BCUT2D eigenvalue weighted by Gasteiger charge is -2.46. The second-order valence-electron chi connectivity index (χ2n) is 29.1. The molecule has 0 aromatic heterocycles. The Morgan fingerprint density at radius 2 is 0.505 bits per heavy atom. The van der Waals surface area contributed by atoms with Gasteiger partial charge >= 0.3 is 0 Å². The van der Waals surface area contributed by atoms with E-state index < -0.39 is 16.2 Å². The molecule has 24 rings (SSSR count). The van der Waals surface area contributed by atoms with Gasteiger partial charge in [-0.25, -0.2) is 0 Å². The maximum atomic E-state index is 2.70. The van der Waals surface area contributed by atoms with Crippen LogP contribution in [0, 0.1) is 0 Å². The van der Waals surface area contributed by atoms with Crippen LogP contribution in [0.1, 0.15) is 66.8 Å². The van der Waals surface area contributed by atoms with Crippen LogP contribution in [-0.4, -0.2) is 6.71 Å². The zero-order valence-electron chi connectivity index (χ0n) is 56.1. The van der Waals surface area contributed by atoms with Crippen LogP contribution in [0.15, 0.2) is 364 Å². The summed E-state index contributed by atoms with van der Waals surface area (Å²) in [4.78, 5) is 8.01. The highest BCUT2D eigenvalue weighted by atomic mass is 15.2. The average Bonchev–Trinajstić information content (AvgIpc) is 1.58. The Morgan fingerprint density at radius 1 is 0.223 bits per heavy atom. The van der Waals surface area contributed by atoms with Gasteiger partial charge in [0.25, 0.3) is 6.71 Å². The van der Waals surface area contributed by atoms with Crippen molar-refractivity contribution in [2.45, 2.75) is 16.2 Å². The molecule has 474 valence electrons. The summed E-state index contributed by atoms with van der Waals surface area (Å²) in [5, 5.41) is 0. The van der Waals surface area contributed by atoms with Crippen LogP contribution in [0.4, 0.5) is 51.2 Å².